The maximum atomic E-state index is 12.5. The average molecular weight is 422 g/mol. The number of ether oxygens (including phenoxy) is 1. The smallest absolute Gasteiger partial charge is 0.234 e. The second kappa shape index (κ2) is 9.50. The third-order valence-corrected chi connectivity index (χ3v) is 5.73. The molecule has 150 valence electrons. The number of nitrogens with one attached hydrogen (secondary N) is 1. The van der Waals surface area contributed by atoms with Gasteiger partial charge in [0.1, 0.15) is 5.75 Å². The Morgan fingerprint density at radius 2 is 1.82 bits per heavy atom. The van der Waals surface area contributed by atoms with Crippen molar-refractivity contribution in [2.24, 2.45) is 0 Å². The van der Waals surface area contributed by atoms with Crippen LogP contribution in [0.5, 0.6) is 5.75 Å². The van der Waals surface area contributed by atoms with Gasteiger partial charge >= 0.3 is 0 Å². The minimum atomic E-state index is -0.128. The van der Waals surface area contributed by atoms with Crippen LogP contribution >= 0.6 is 23.2 Å². The maximum absolute atomic E-state index is 12.5. The van der Waals surface area contributed by atoms with Crippen LogP contribution in [0.25, 0.3) is 0 Å². The molecule has 3 rings (SSSR count). The fraction of sp³-hybridized carbons (Fsp3) is 0.381. The summed E-state index contributed by atoms with van der Waals surface area (Å²) >= 11 is 12.0. The summed E-state index contributed by atoms with van der Waals surface area (Å²) < 4.78 is 5.45. The zero-order valence-corrected chi connectivity index (χ0v) is 17.6. The Kier molecular flexibility index (Phi) is 7.05. The predicted molar refractivity (Wildman–Crippen MR) is 115 cm³/mol. The molecule has 0 spiro atoms. The molecule has 0 aromatic heterocycles. The molecule has 5 nitrogen and oxygen atoms in total. The van der Waals surface area contributed by atoms with Gasteiger partial charge in [-0.15, -0.1) is 0 Å². The minimum Gasteiger partial charge on any atom is -0.495 e. The lowest BCUT2D eigenvalue weighted by molar-refractivity contribution is -0.123. The largest absolute Gasteiger partial charge is 0.495 e. The van der Waals surface area contributed by atoms with Gasteiger partial charge in [0.2, 0.25) is 5.91 Å². The lowest BCUT2D eigenvalue weighted by Crippen LogP contribution is -2.49. The molecule has 1 aliphatic rings. The van der Waals surface area contributed by atoms with Crippen molar-refractivity contribution in [2.75, 3.05) is 44.7 Å². The first kappa shape index (κ1) is 20.8. The highest BCUT2D eigenvalue weighted by Crippen LogP contribution is 2.28. The van der Waals surface area contributed by atoms with Crippen molar-refractivity contribution >= 4 is 34.8 Å². The number of methoxy groups -OCH3 is 1. The summed E-state index contributed by atoms with van der Waals surface area (Å²) in [6.07, 6.45) is 0. The van der Waals surface area contributed by atoms with Gasteiger partial charge in [0.15, 0.2) is 0 Å². The molecule has 1 heterocycles. The van der Waals surface area contributed by atoms with Crippen LogP contribution in [0.4, 0.5) is 5.69 Å². The van der Waals surface area contributed by atoms with Crippen LogP contribution in [0.2, 0.25) is 10.0 Å². The highest BCUT2D eigenvalue weighted by Gasteiger charge is 2.21. The third-order valence-electron chi connectivity index (χ3n) is 4.99. The number of anilines is 1. The first-order chi connectivity index (χ1) is 13.5. The van der Waals surface area contributed by atoms with Crippen LogP contribution in [0.3, 0.4) is 0 Å². The second-order valence-corrected chi connectivity index (χ2v) is 7.71. The van der Waals surface area contributed by atoms with E-state index in [9.17, 15) is 4.79 Å². The van der Waals surface area contributed by atoms with Crippen molar-refractivity contribution in [3.8, 4) is 5.75 Å². The lowest BCUT2D eigenvalue weighted by Gasteiger charge is -2.36. The SMILES string of the molecule is COc1ccccc1N1CCN(CC(=O)N[C@@H](C)c2ccc(Cl)c(Cl)c2)CC1. The van der Waals surface area contributed by atoms with E-state index < -0.39 is 0 Å². The molecule has 0 aliphatic carbocycles. The van der Waals surface area contributed by atoms with Crippen molar-refractivity contribution < 1.29 is 9.53 Å². The van der Waals surface area contributed by atoms with Gasteiger partial charge in [-0.05, 0) is 36.8 Å². The van der Waals surface area contributed by atoms with E-state index in [0.29, 0.717) is 16.6 Å². The first-order valence-corrected chi connectivity index (χ1v) is 10.1. The summed E-state index contributed by atoms with van der Waals surface area (Å²) in [4.78, 5) is 16.9. The number of carbonyl (C=O) groups excluding carboxylic acids is 1. The molecule has 1 fully saturated rings. The van der Waals surface area contributed by atoms with Gasteiger partial charge in [-0.1, -0.05) is 41.4 Å². The summed E-state index contributed by atoms with van der Waals surface area (Å²) in [5, 5.41) is 4.04. The molecule has 1 amide bonds. The van der Waals surface area contributed by atoms with Crippen molar-refractivity contribution in [1.82, 2.24) is 10.2 Å². The lowest BCUT2D eigenvalue weighted by atomic mass is 10.1. The van der Waals surface area contributed by atoms with E-state index in [1.807, 2.05) is 31.2 Å². The number of nitrogens with zero attached hydrogens (tertiary/aromatic N) is 2. The fourth-order valence-electron chi connectivity index (χ4n) is 3.39. The molecular weight excluding hydrogens is 397 g/mol. The maximum Gasteiger partial charge on any atom is 0.234 e. The van der Waals surface area contributed by atoms with E-state index in [0.717, 1.165) is 43.2 Å². The van der Waals surface area contributed by atoms with Crippen LogP contribution in [0, 0.1) is 0 Å². The predicted octanol–water partition coefficient (Wildman–Crippen LogP) is 4.00. The standard InChI is InChI=1S/C21H25Cl2N3O2/c1-15(16-7-8-17(22)18(23)13-16)24-21(27)14-25-9-11-26(12-10-25)19-5-3-4-6-20(19)28-2/h3-8,13,15H,9-12,14H2,1-2H3,(H,24,27)/t15-/m0/s1. The molecule has 1 atom stereocenters. The van der Waals surface area contributed by atoms with Crippen molar-refractivity contribution in [3.05, 3.63) is 58.1 Å². The zero-order valence-electron chi connectivity index (χ0n) is 16.1. The molecular formula is C21H25Cl2N3O2. The third kappa shape index (κ3) is 5.10. The molecule has 0 unspecified atom stereocenters. The van der Waals surface area contributed by atoms with E-state index in [2.05, 4.69) is 21.2 Å². The van der Waals surface area contributed by atoms with E-state index in [-0.39, 0.29) is 11.9 Å². The van der Waals surface area contributed by atoms with Gasteiger partial charge in [-0.3, -0.25) is 9.69 Å². The van der Waals surface area contributed by atoms with Crippen molar-refractivity contribution in [3.63, 3.8) is 0 Å². The topological polar surface area (TPSA) is 44.8 Å². The molecule has 1 aliphatic heterocycles. The first-order valence-electron chi connectivity index (χ1n) is 9.32. The molecule has 2 aromatic carbocycles. The Balaban J connectivity index is 1.50. The summed E-state index contributed by atoms with van der Waals surface area (Å²) in [5.74, 6) is 0.883. The monoisotopic (exact) mass is 421 g/mol. The molecule has 0 radical (unpaired) electrons. The van der Waals surface area contributed by atoms with E-state index in [4.69, 9.17) is 27.9 Å². The fourth-order valence-corrected chi connectivity index (χ4v) is 3.70. The normalized spacial score (nSPS) is 15.9. The summed E-state index contributed by atoms with van der Waals surface area (Å²) in [6.45, 7) is 5.69. The molecule has 0 bridgehead atoms. The summed E-state index contributed by atoms with van der Waals surface area (Å²) in [5.41, 5.74) is 2.03. The van der Waals surface area contributed by atoms with Crippen LogP contribution in [-0.2, 0) is 4.79 Å². The highest BCUT2D eigenvalue weighted by atomic mass is 35.5. The number of para-hydroxylation sites is 2. The van der Waals surface area contributed by atoms with Crippen molar-refractivity contribution in [2.45, 2.75) is 13.0 Å². The Morgan fingerprint density at radius 3 is 2.50 bits per heavy atom. The number of amides is 1. The Hall–Kier alpha value is -1.95. The van der Waals surface area contributed by atoms with Gasteiger partial charge in [0.25, 0.3) is 0 Å². The Bertz CT molecular complexity index is 823. The van der Waals surface area contributed by atoms with Gasteiger partial charge in [-0.25, -0.2) is 0 Å². The number of rotatable bonds is 6. The Morgan fingerprint density at radius 1 is 1.11 bits per heavy atom. The molecule has 28 heavy (non-hydrogen) atoms. The number of hydrogen-bond acceptors (Lipinski definition) is 4. The molecule has 0 saturated carbocycles. The van der Waals surface area contributed by atoms with E-state index in [1.54, 1.807) is 19.2 Å². The van der Waals surface area contributed by atoms with Gasteiger partial charge < -0.3 is 15.0 Å². The zero-order chi connectivity index (χ0) is 20.1. The van der Waals surface area contributed by atoms with Crippen LogP contribution in [0.1, 0.15) is 18.5 Å². The Labute approximate surface area is 176 Å². The molecule has 1 saturated heterocycles. The summed E-state index contributed by atoms with van der Waals surface area (Å²) in [7, 11) is 1.69. The molecule has 7 heteroatoms. The van der Waals surface area contributed by atoms with Crippen molar-refractivity contribution in [1.29, 1.82) is 0 Å². The van der Waals surface area contributed by atoms with Crippen LogP contribution in [-0.4, -0.2) is 50.6 Å². The van der Waals surface area contributed by atoms with Gasteiger partial charge in [0.05, 0.1) is 35.4 Å². The number of hydrogen-bond donors (Lipinski definition) is 1. The number of carbonyl (C=O) groups is 1. The average Bonchev–Trinajstić information content (AvgIpc) is 2.70. The number of piperazine rings is 1. The highest BCUT2D eigenvalue weighted by molar-refractivity contribution is 6.42. The number of halogens is 2. The molecule has 1 N–H and O–H groups in total. The number of benzene rings is 2. The van der Waals surface area contributed by atoms with Gasteiger partial charge in [-0.2, -0.15) is 0 Å². The van der Waals surface area contributed by atoms with Crippen LogP contribution < -0.4 is 15.0 Å². The minimum absolute atomic E-state index is 0.00399. The molecule has 2 aromatic rings. The van der Waals surface area contributed by atoms with Crippen LogP contribution in [0.15, 0.2) is 42.5 Å². The van der Waals surface area contributed by atoms with E-state index >= 15 is 0 Å². The summed E-state index contributed by atoms with van der Waals surface area (Å²) in [6, 6.07) is 13.3. The van der Waals surface area contributed by atoms with E-state index in [1.165, 1.54) is 0 Å². The van der Waals surface area contributed by atoms with Gasteiger partial charge in [0, 0.05) is 26.2 Å². The second-order valence-electron chi connectivity index (χ2n) is 6.90. The quantitative estimate of drug-likeness (QED) is 0.765.